The summed E-state index contributed by atoms with van der Waals surface area (Å²) in [6.07, 6.45) is 1.10. The van der Waals surface area contributed by atoms with E-state index in [1.54, 1.807) is 18.9 Å². The van der Waals surface area contributed by atoms with Crippen molar-refractivity contribution >= 4 is 17.7 Å². The van der Waals surface area contributed by atoms with E-state index in [4.69, 9.17) is 4.74 Å². The number of carbonyl (C=O) groups excluding carboxylic acids is 1. The van der Waals surface area contributed by atoms with Crippen molar-refractivity contribution in [1.29, 1.82) is 0 Å². The summed E-state index contributed by atoms with van der Waals surface area (Å²) in [5, 5.41) is -0.0442. The molecule has 20 heavy (non-hydrogen) atoms. The van der Waals surface area contributed by atoms with E-state index in [1.165, 1.54) is 0 Å². The van der Waals surface area contributed by atoms with Crippen molar-refractivity contribution in [3.05, 3.63) is 24.3 Å². The van der Waals surface area contributed by atoms with Gasteiger partial charge in [0.2, 0.25) is 5.91 Å². The maximum absolute atomic E-state index is 12.4. The van der Waals surface area contributed by atoms with E-state index in [9.17, 15) is 4.79 Å². The van der Waals surface area contributed by atoms with Gasteiger partial charge in [0, 0.05) is 18.0 Å². The van der Waals surface area contributed by atoms with E-state index in [0.717, 1.165) is 30.2 Å². The molecule has 3 nitrogen and oxygen atoms in total. The van der Waals surface area contributed by atoms with Gasteiger partial charge in [0.05, 0.1) is 12.4 Å². The molecular weight excluding hydrogens is 270 g/mol. The first kappa shape index (κ1) is 15.2. The standard InChI is InChI=1S/C16H23NO2S/c1-12(15(18)17-10-9-16(2,3)11-17)20-14-7-5-13(19-4)6-8-14/h5-8,12H,9-11H2,1-4H3/t12-/m0/s1. The lowest BCUT2D eigenvalue weighted by Gasteiger charge is -2.22. The van der Waals surface area contributed by atoms with Crippen molar-refractivity contribution in [3.8, 4) is 5.75 Å². The molecule has 0 aromatic heterocycles. The van der Waals surface area contributed by atoms with Gasteiger partial charge in [0.15, 0.2) is 0 Å². The highest BCUT2D eigenvalue weighted by molar-refractivity contribution is 8.00. The van der Waals surface area contributed by atoms with Crippen LogP contribution >= 0.6 is 11.8 Å². The van der Waals surface area contributed by atoms with Crippen LogP contribution in [-0.2, 0) is 4.79 Å². The Bertz CT molecular complexity index is 470. The highest BCUT2D eigenvalue weighted by Gasteiger charge is 2.33. The molecule has 0 saturated carbocycles. The minimum atomic E-state index is -0.0442. The summed E-state index contributed by atoms with van der Waals surface area (Å²) in [4.78, 5) is 15.5. The molecule has 1 aromatic rings. The lowest BCUT2D eigenvalue weighted by atomic mass is 9.93. The molecule has 1 amide bonds. The molecule has 0 bridgehead atoms. The van der Waals surface area contributed by atoms with Crippen LogP contribution in [0.4, 0.5) is 0 Å². The summed E-state index contributed by atoms with van der Waals surface area (Å²) in [6.45, 7) is 8.20. The third-order valence-corrected chi connectivity index (χ3v) is 4.81. The number of rotatable bonds is 4. The van der Waals surface area contributed by atoms with Crippen LogP contribution in [0, 0.1) is 5.41 Å². The van der Waals surface area contributed by atoms with Crippen LogP contribution < -0.4 is 4.74 Å². The molecule has 0 N–H and O–H groups in total. The molecule has 1 atom stereocenters. The molecule has 0 spiro atoms. The maximum atomic E-state index is 12.4. The van der Waals surface area contributed by atoms with Gasteiger partial charge >= 0.3 is 0 Å². The number of hydrogen-bond donors (Lipinski definition) is 0. The molecule has 1 aromatic carbocycles. The number of nitrogens with zero attached hydrogens (tertiary/aromatic N) is 1. The fourth-order valence-corrected chi connectivity index (χ4v) is 3.42. The first-order valence-electron chi connectivity index (χ1n) is 7.01. The van der Waals surface area contributed by atoms with Gasteiger partial charge in [0.25, 0.3) is 0 Å². The molecule has 0 aliphatic carbocycles. The van der Waals surface area contributed by atoms with E-state index in [1.807, 2.05) is 36.1 Å². The van der Waals surface area contributed by atoms with E-state index in [2.05, 4.69) is 13.8 Å². The molecule has 4 heteroatoms. The van der Waals surface area contributed by atoms with Crippen molar-refractivity contribution in [2.24, 2.45) is 5.41 Å². The van der Waals surface area contributed by atoms with E-state index >= 15 is 0 Å². The van der Waals surface area contributed by atoms with Crippen molar-refractivity contribution < 1.29 is 9.53 Å². The molecular formula is C16H23NO2S. The van der Waals surface area contributed by atoms with Crippen molar-refractivity contribution in [2.45, 2.75) is 37.3 Å². The summed E-state index contributed by atoms with van der Waals surface area (Å²) in [5.74, 6) is 1.09. The number of thioether (sulfide) groups is 1. The quantitative estimate of drug-likeness (QED) is 0.797. The minimum Gasteiger partial charge on any atom is -0.497 e. The second-order valence-corrected chi connectivity index (χ2v) is 7.52. The molecule has 2 rings (SSSR count). The fourth-order valence-electron chi connectivity index (χ4n) is 2.47. The molecule has 1 aliphatic rings. The lowest BCUT2D eigenvalue weighted by molar-refractivity contribution is -0.129. The van der Waals surface area contributed by atoms with Gasteiger partial charge < -0.3 is 9.64 Å². The topological polar surface area (TPSA) is 29.5 Å². The Hall–Kier alpha value is -1.16. The number of ether oxygens (including phenoxy) is 1. The summed E-state index contributed by atoms with van der Waals surface area (Å²) >= 11 is 1.61. The molecule has 1 fully saturated rings. The van der Waals surface area contributed by atoms with Crippen LogP contribution in [0.5, 0.6) is 5.75 Å². The van der Waals surface area contributed by atoms with E-state index < -0.39 is 0 Å². The molecule has 0 radical (unpaired) electrons. The number of methoxy groups -OCH3 is 1. The predicted octanol–water partition coefficient (Wildman–Crippen LogP) is 3.43. The first-order chi connectivity index (χ1) is 9.41. The Kier molecular flexibility index (Phi) is 4.63. The summed E-state index contributed by atoms with van der Waals surface area (Å²) in [5.41, 5.74) is 0.264. The Morgan fingerprint density at radius 3 is 2.50 bits per heavy atom. The number of carbonyl (C=O) groups is 1. The second kappa shape index (κ2) is 6.08. The molecule has 1 heterocycles. The third kappa shape index (κ3) is 3.69. The zero-order chi connectivity index (χ0) is 14.8. The normalized spacial score (nSPS) is 18.9. The summed E-state index contributed by atoms with van der Waals surface area (Å²) < 4.78 is 5.14. The molecule has 0 unspecified atom stereocenters. The van der Waals surface area contributed by atoms with Gasteiger partial charge in [-0.25, -0.2) is 0 Å². The van der Waals surface area contributed by atoms with Crippen LogP contribution in [0.2, 0.25) is 0 Å². The maximum Gasteiger partial charge on any atom is 0.235 e. The van der Waals surface area contributed by atoms with Gasteiger partial charge in [-0.2, -0.15) is 0 Å². The molecule has 1 aliphatic heterocycles. The van der Waals surface area contributed by atoms with Crippen LogP contribution in [0.25, 0.3) is 0 Å². The Labute approximate surface area is 125 Å². The fraction of sp³-hybridized carbons (Fsp3) is 0.562. The highest BCUT2D eigenvalue weighted by Crippen LogP contribution is 2.32. The minimum absolute atomic E-state index is 0.0442. The average molecular weight is 293 g/mol. The number of likely N-dealkylation sites (tertiary alicyclic amines) is 1. The smallest absolute Gasteiger partial charge is 0.235 e. The van der Waals surface area contributed by atoms with E-state index in [-0.39, 0.29) is 16.6 Å². The highest BCUT2D eigenvalue weighted by atomic mass is 32.2. The lowest BCUT2D eigenvalue weighted by Crippen LogP contribution is -2.35. The second-order valence-electron chi connectivity index (χ2n) is 6.11. The zero-order valence-electron chi connectivity index (χ0n) is 12.7. The first-order valence-corrected chi connectivity index (χ1v) is 7.89. The third-order valence-electron chi connectivity index (χ3n) is 3.71. The van der Waals surface area contributed by atoms with Crippen molar-refractivity contribution in [1.82, 2.24) is 4.90 Å². The van der Waals surface area contributed by atoms with Gasteiger partial charge in [-0.15, -0.1) is 11.8 Å². The SMILES string of the molecule is COc1ccc(S[C@@H](C)C(=O)N2CCC(C)(C)C2)cc1. The van der Waals surface area contributed by atoms with Crippen LogP contribution in [0.3, 0.4) is 0 Å². The zero-order valence-corrected chi connectivity index (χ0v) is 13.5. The molecule has 110 valence electrons. The monoisotopic (exact) mass is 293 g/mol. The predicted molar refractivity (Wildman–Crippen MR) is 83.3 cm³/mol. The molecule has 1 saturated heterocycles. The van der Waals surface area contributed by atoms with Crippen molar-refractivity contribution in [3.63, 3.8) is 0 Å². The number of benzene rings is 1. The van der Waals surface area contributed by atoms with Gasteiger partial charge in [-0.1, -0.05) is 13.8 Å². The van der Waals surface area contributed by atoms with Gasteiger partial charge in [-0.3, -0.25) is 4.79 Å². The van der Waals surface area contributed by atoms with Crippen molar-refractivity contribution in [2.75, 3.05) is 20.2 Å². The largest absolute Gasteiger partial charge is 0.497 e. The average Bonchev–Trinajstić information content (AvgIpc) is 2.79. The van der Waals surface area contributed by atoms with Gasteiger partial charge in [-0.05, 0) is 43.0 Å². The summed E-state index contributed by atoms with van der Waals surface area (Å²) in [6, 6.07) is 7.86. The Balaban J connectivity index is 1.93. The van der Waals surface area contributed by atoms with Crippen LogP contribution in [-0.4, -0.2) is 36.3 Å². The van der Waals surface area contributed by atoms with Crippen LogP contribution in [0.15, 0.2) is 29.2 Å². The van der Waals surface area contributed by atoms with Gasteiger partial charge in [0.1, 0.15) is 5.75 Å². The van der Waals surface area contributed by atoms with Crippen LogP contribution in [0.1, 0.15) is 27.2 Å². The van der Waals surface area contributed by atoms with E-state index in [0.29, 0.717) is 0 Å². The number of hydrogen-bond acceptors (Lipinski definition) is 3. The summed E-state index contributed by atoms with van der Waals surface area (Å²) in [7, 11) is 1.66. The number of amides is 1. The Morgan fingerprint density at radius 1 is 1.35 bits per heavy atom. The Morgan fingerprint density at radius 2 is 2.00 bits per heavy atom.